The fourth-order valence-corrected chi connectivity index (χ4v) is 0.101. The summed E-state index contributed by atoms with van der Waals surface area (Å²) in [5.74, 6) is 4.46. The van der Waals surface area contributed by atoms with E-state index >= 15 is 0 Å². The summed E-state index contributed by atoms with van der Waals surface area (Å²) in [6.45, 7) is 4.79. The van der Waals surface area contributed by atoms with E-state index in [9.17, 15) is 5.21 Å². The van der Waals surface area contributed by atoms with Crippen LogP contribution in [0.4, 0.5) is 0 Å². The zero-order chi connectivity index (χ0) is 5.86. The summed E-state index contributed by atoms with van der Waals surface area (Å²) in [6.07, 6.45) is 0. The fraction of sp³-hybridized carbons (Fsp3) is 0.333. The van der Waals surface area contributed by atoms with Crippen molar-refractivity contribution in [3.63, 3.8) is 0 Å². The van der Waals surface area contributed by atoms with Crippen LogP contribution in [-0.4, -0.2) is 0 Å². The lowest BCUT2D eigenvalue weighted by Crippen LogP contribution is -3.04. The van der Waals surface area contributed by atoms with Gasteiger partial charge in [-0.05, 0) is 6.58 Å². The lowest BCUT2D eigenvalue weighted by molar-refractivity contribution is -1.02. The van der Waals surface area contributed by atoms with Crippen molar-refractivity contribution in [3.05, 3.63) is 17.5 Å². The van der Waals surface area contributed by atoms with Gasteiger partial charge in [-0.25, -0.2) is 0 Å². The highest BCUT2D eigenvalue weighted by Gasteiger charge is 1.90. The van der Waals surface area contributed by atoms with Crippen LogP contribution in [0, 0.1) is 5.21 Å². The van der Waals surface area contributed by atoms with Gasteiger partial charge in [0.05, 0.1) is 0 Å². The monoisotopic (exact) mass is 104 g/mol. The number of allylic oxidation sites excluding steroid dienone is 1. The second kappa shape index (κ2) is 2.70. The molecule has 0 aromatic rings. The Balaban J connectivity index is 3.34. The molecule has 0 aliphatic heterocycles. The molecule has 0 bridgehead atoms. The van der Waals surface area contributed by atoms with Gasteiger partial charge < -0.3 is 5.21 Å². The molecule has 0 rings (SSSR count). The predicted octanol–water partition coefficient (Wildman–Crippen LogP) is -1.29. The molecule has 0 aromatic heterocycles. The molecule has 3 N–H and O–H groups in total. The van der Waals surface area contributed by atoms with E-state index in [0.29, 0.717) is 5.70 Å². The van der Waals surface area contributed by atoms with Crippen LogP contribution in [0.5, 0.6) is 0 Å². The molecule has 0 saturated carbocycles. The van der Waals surface area contributed by atoms with Crippen LogP contribution in [-0.2, 0) is 4.94 Å². The summed E-state index contributed by atoms with van der Waals surface area (Å²) in [4.78, 5) is 3.77. The van der Waals surface area contributed by atoms with E-state index < -0.39 is 5.23 Å². The minimum Gasteiger partial charge on any atom is -0.593 e. The van der Waals surface area contributed by atoms with Crippen molar-refractivity contribution >= 4 is 0 Å². The van der Waals surface area contributed by atoms with Crippen molar-refractivity contribution in [2.45, 2.75) is 6.92 Å². The van der Waals surface area contributed by atoms with Gasteiger partial charge in [0, 0.05) is 6.92 Å². The van der Waals surface area contributed by atoms with E-state index in [1.165, 1.54) is 6.92 Å². The molecule has 4 nitrogen and oxygen atoms in total. The zero-order valence-electron chi connectivity index (χ0n) is 4.10. The van der Waals surface area contributed by atoms with Crippen LogP contribution in [0.15, 0.2) is 12.3 Å². The van der Waals surface area contributed by atoms with Gasteiger partial charge in [0.1, 0.15) is 5.70 Å². The third kappa shape index (κ3) is 2.30. The average Bonchev–Trinajstić information content (AvgIpc) is 1.65. The van der Waals surface area contributed by atoms with Crippen molar-refractivity contribution in [2.75, 3.05) is 0 Å². The van der Waals surface area contributed by atoms with Gasteiger partial charge in [0.2, 0.25) is 0 Å². The predicted molar refractivity (Wildman–Crippen MR) is 24.4 cm³/mol. The van der Waals surface area contributed by atoms with E-state index in [2.05, 4.69) is 17.4 Å². The van der Waals surface area contributed by atoms with E-state index in [4.69, 9.17) is 0 Å². The molecule has 0 spiro atoms. The first-order chi connectivity index (χ1) is 3.18. The molecule has 0 aromatic carbocycles. The van der Waals surface area contributed by atoms with Crippen LogP contribution < -0.4 is 11.1 Å². The van der Waals surface area contributed by atoms with Crippen molar-refractivity contribution in [1.29, 1.82) is 0 Å². The molecule has 0 aliphatic rings. The largest absolute Gasteiger partial charge is 0.593 e. The summed E-state index contributed by atoms with van der Waals surface area (Å²) in [5.41, 5.74) is 0.308. The zero-order valence-corrected chi connectivity index (χ0v) is 4.10. The lowest BCUT2D eigenvalue weighted by Gasteiger charge is -2.13. The maximum absolute atomic E-state index is 10.1. The van der Waals surface area contributed by atoms with Gasteiger partial charge in [-0.1, -0.05) is 0 Å². The van der Waals surface area contributed by atoms with Crippen LogP contribution in [0.25, 0.3) is 0 Å². The molecular weight excluding hydrogens is 96.0 g/mol. The first-order valence-electron chi connectivity index (χ1n) is 1.75. The molecule has 0 saturated heterocycles. The number of quaternary nitrogens is 1. The third-order valence-electron chi connectivity index (χ3n) is 0.455. The summed E-state index contributed by atoms with van der Waals surface area (Å²) >= 11 is 0. The van der Waals surface area contributed by atoms with Crippen LogP contribution in [0.2, 0.25) is 0 Å². The van der Waals surface area contributed by atoms with Crippen LogP contribution in [0.1, 0.15) is 6.92 Å². The maximum atomic E-state index is 10.1. The first kappa shape index (κ1) is 6.58. The number of hydrogen-bond acceptors (Lipinski definition) is 3. The lowest BCUT2D eigenvalue weighted by atomic mass is 10.6. The first-order valence-corrected chi connectivity index (χ1v) is 1.75. The van der Waals surface area contributed by atoms with Crippen LogP contribution in [0.3, 0.4) is 0 Å². The maximum Gasteiger partial charge on any atom is 0.131 e. The fourth-order valence-electron chi connectivity index (χ4n) is 0.101. The second-order valence-electron chi connectivity index (χ2n) is 1.19. The SMILES string of the molecule is C=C(C)[NH+]([O-])ON. The van der Waals surface area contributed by atoms with Crippen molar-refractivity contribution < 1.29 is 10.2 Å². The molecule has 0 heterocycles. The van der Waals surface area contributed by atoms with Gasteiger partial charge in [0.15, 0.2) is 0 Å². The Kier molecular flexibility index (Phi) is 2.54. The Morgan fingerprint density at radius 2 is 2.43 bits per heavy atom. The highest BCUT2D eigenvalue weighted by atomic mass is 16.9. The summed E-state index contributed by atoms with van der Waals surface area (Å²) in [6, 6.07) is 0. The molecule has 42 valence electrons. The normalized spacial score (nSPS) is 13.6. The van der Waals surface area contributed by atoms with E-state index in [1.54, 1.807) is 0 Å². The Bertz CT molecular complexity index is 73.3. The van der Waals surface area contributed by atoms with Gasteiger partial charge in [0.25, 0.3) is 0 Å². The molecule has 0 fully saturated rings. The molecule has 0 amide bonds. The Hall–Kier alpha value is -0.420. The number of hydrogen-bond donors (Lipinski definition) is 2. The Labute approximate surface area is 41.6 Å². The highest BCUT2D eigenvalue weighted by molar-refractivity contribution is 4.68. The van der Waals surface area contributed by atoms with Gasteiger partial charge >= 0.3 is 0 Å². The minimum absolute atomic E-state index is 0.308. The quantitative estimate of drug-likeness (QED) is 0.428. The molecule has 0 aliphatic carbocycles. The van der Waals surface area contributed by atoms with E-state index in [-0.39, 0.29) is 0 Å². The highest BCUT2D eigenvalue weighted by Crippen LogP contribution is 1.63. The van der Waals surface area contributed by atoms with Gasteiger partial charge in [-0.3, -0.25) is 0 Å². The van der Waals surface area contributed by atoms with Crippen molar-refractivity contribution in [1.82, 2.24) is 0 Å². The van der Waals surface area contributed by atoms with Gasteiger partial charge in [-0.15, -0.1) is 4.94 Å². The standard InChI is InChI=1S/C3H8N2O2/c1-3(2)5(6)7-4/h5H,1,4H2,2H3. The number of nitrogens with two attached hydrogens (primary N) is 1. The number of nitrogens with one attached hydrogen (secondary N) is 1. The van der Waals surface area contributed by atoms with Crippen molar-refractivity contribution in [2.24, 2.45) is 5.90 Å². The molecular formula is C3H8N2O2. The summed E-state index contributed by atoms with van der Waals surface area (Å²) in [5, 5.41) is 9.50. The number of hydroxylamine groups is 2. The Morgan fingerprint density at radius 3 is 2.43 bits per heavy atom. The average molecular weight is 104 g/mol. The topological polar surface area (TPSA) is 62.8 Å². The third-order valence-corrected chi connectivity index (χ3v) is 0.455. The molecule has 1 unspecified atom stereocenters. The molecule has 0 radical (unpaired) electrons. The van der Waals surface area contributed by atoms with Gasteiger partial charge in [-0.2, -0.15) is 11.1 Å². The summed E-state index contributed by atoms with van der Waals surface area (Å²) in [7, 11) is 0. The molecule has 7 heavy (non-hydrogen) atoms. The van der Waals surface area contributed by atoms with Crippen molar-refractivity contribution in [3.8, 4) is 0 Å². The smallest absolute Gasteiger partial charge is 0.131 e. The van der Waals surface area contributed by atoms with E-state index in [0.717, 1.165) is 0 Å². The van der Waals surface area contributed by atoms with Crippen LogP contribution >= 0.6 is 0 Å². The molecule has 1 atom stereocenters. The Morgan fingerprint density at radius 1 is 2.00 bits per heavy atom. The second-order valence-corrected chi connectivity index (χ2v) is 1.19. The summed E-state index contributed by atoms with van der Waals surface area (Å²) < 4.78 is 0. The molecule has 4 heteroatoms. The van der Waals surface area contributed by atoms with E-state index in [1.807, 2.05) is 0 Å². The minimum atomic E-state index is -0.569. The number of rotatable bonds is 2.